The summed E-state index contributed by atoms with van der Waals surface area (Å²) in [5.41, 5.74) is -0.575. The quantitative estimate of drug-likeness (QED) is 0.794. The lowest BCUT2D eigenvalue weighted by Crippen LogP contribution is -2.38. The molecular formula is C12H13FN2O3S. The number of rotatable bonds is 3. The number of carboxylic acids is 1. The van der Waals surface area contributed by atoms with E-state index in [0.717, 1.165) is 24.0 Å². The molecule has 5 nitrogen and oxygen atoms in total. The van der Waals surface area contributed by atoms with Gasteiger partial charge in [0, 0.05) is 11.8 Å². The van der Waals surface area contributed by atoms with Gasteiger partial charge >= 0.3 is 12.0 Å². The molecule has 0 aliphatic carbocycles. The van der Waals surface area contributed by atoms with Crippen molar-refractivity contribution in [2.75, 3.05) is 16.8 Å². The monoisotopic (exact) mass is 284 g/mol. The number of amides is 2. The topological polar surface area (TPSA) is 78.4 Å². The van der Waals surface area contributed by atoms with Crippen LogP contribution in [0.5, 0.6) is 0 Å². The summed E-state index contributed by atoms with van der Waals surface area (Å²) in [5, 5.41) is 13.9. The van der Waals surface area contributed by atoms with Crippen molar-refractivity contribution in [2.45, 2.75) is 12.5 Å². The second-order valence-electron chi connectivity index (χ2n) is 4.13. The summed E-state index contributed by atoms with van der Waals surface area (Å²) in [4.78, 5) is 22.7. The molecule has 0 bridgehead atoms. The van der Waals surface area contributed by atoms with Crippen molar-refractivity contribution in [1.29, 1.82) is 0 Å². The van der Waals surface area contributed by atoms with Crippen LogP contribution in [-0.2, 0) is 0 Å². The molecule has 2 amide bonds. The number of halogens is 1. The molecule has 2 rings (SSSR count). The number of aromatic carboxylic acids is 1. The smallest absolute Gasteiger partial charge is 0.337 e. The molecule has 1 heterocycles. The van der Waals surface area contributed by atoms with Crippen LogP contribution in [0.1, 0.15) is 16.8 Å². The Labute approximate surface area is 113 Å². The molecular weight excluding hydrogens is 271 g/mol. The van der Waals surface area contributed by atoms with E-state index in [1.165, 1.54) is 12.1 Å². The SMILES string of the molecule is O=C(Nc1c(F)cccc1C(=O)O)NC1CCSC1. The number of urea groups is 1. The van der Waals surface area contributed by atoms with E-state index in [1.54, 1.807) is 11.8 Å². The second kappa shape index (κ2) is 5.92. The van der Waals surface area contributed by atoms with Crippen LogP contribution in [0.15, 0.2) is 18.2 Å². The standard InChI is InChI=1S/C12H13FN2O3S/c13-9-3-1-2-8(11(16)17)10(9)15-12(18)14-7-4-5-19-6-7/h1-3,7H,4-6H2,(H,16,17)(H2,14,15,18). The number of thioether (sulfide) groups is 1. The Balaban J connectivity index is 2.09. The van der Waals surface area contributed by atoms with Gasteiger partial charge in [0.05, 0.1) is 11.3 Å². The Morgan fingerprint density at radius 2 is 2.21 bits per heavy atom. The van der Waals surface area contributed by atoms with Crippen molar-refractivity contribution in [1.82, 2.24) is 5.32 Å². The number of hydrogen-bond acceptors (Lipinski definition) is 3. The van der Waals surface area contributed by atoms with Crippen LogP contribution in [0.25, 0.3) is 0 Å². The lowest BCUT2D eigenvalue weighted by molar-refractivity contribution is 0.0697. The molecule has 1 saturated heterocycles. The van der Waals surface area contributed by atoms with Crippen molar-refractivity contribution in [3.05, 3.63) is 29.6 Å². The van der Waals surface area contributed by atoms with Gasteiger partial charge in [-0.3, -0.25) is 0 Å². The third kappa shape index (κ3) is 3.37. The van der Waals surface area contributed by atoms with Crippen LogP contribution in [0.2, 0.25) is 0 Å². The van der Waals surface area contributed by atoms with Gasteiger partial charge in [-0.25, -0.2) is 14.0 Å². The van der Waals surface area contributed by atoms with Gasteiger partial charge in [-0.1, -0.05) is 6.07 Å². The number of carbonyl (C=O) groups excluding carboxylic acids is 1. The Morgan fingerprint density at radius 3 is 2.84 bits per heavy atom. The first kappa shape index (κ1) is 13.7. The molecule has 0 aromatic heterocycles. The van der Waals surface area contributed by atoms with Gasteiger partial charge in [-0.15, -0.1) is 0 Å². The van der Waals surface area contributed by atoms with Crippen LogP contribution >= 0.6 is 11.8 Å². The zero-order valence-corrected chi connectivity index (χ0v) is 10.8. The summed E-state index contributed by atoms with van der Waals surface area (Å²) in [6.07, 6.45) is 0.862. The molecule has 3 N–H and O–H groups in total. The average Bonchev–Trinajstić information content (AvgIpc) is 2.84. The highest BCUT2D eigenvalue weighted by molar-refractivity contribution is 7.99. The number of nitrogens with one attached hydrogen (secondary N) is 2. The fraction of sp³-hybridized carbons (Fsp3) is 0.333. The van der Waals surface area contributed by atoms with Gasteiger partial charge in [0.2, 0.25) is 0 Å². The van der Waals surface area contributed by atoms with Crippen molar-refractivity contribution in [3.8, 4) is 0 Å². The second-order valence-corrected chi connectivity index (χ2v) is 5.28. The highest BCUT2D eigenvalue weighted by atomic mass is 32.2. The molecule has 0 radical (unpaired) electrons. The van der Waals surface area contributed by atoms with E-state index in [0.29, 0.717) is 0 Å². The molecule has 1 aromatic carbocycles. The number of carbonyl (C=O) groups is 2. The number of para-hydroxylation sites is 1. The van der Waals surface area contributed by atoms with E-state index in [1.807, 2.05) is 0 Å². The van der Waals surface area contributed by atoms with Gasteiger partial charge < -0.3 is 15.7 Å². The fourth-order valence-corrected chi connectivity index (χ4v) is 2.97. The Hall–Kier alpha value is -1.76. The van der Waals surface area contributed by atoms with Gasteiger partial charge in [0.1, 0.15) is 5.82 Å². The molecule has 1 unspecified atom stereocenters. The predicted molar refractivity (Wildman–Crippen MR) is 71.2 cm³/mol. The number of hydrogen-bond donors (Lipinski definition) is 3. The Morgan fingerprint density at radius 1 is 1.42 bits per heavy atom. The highest BCUT2D eigenvalue weighted by Crippen LogP contribution is 2.21. The van der Waals surface area contributed by atoms with Crippen molar-refractivity contribution in [2.24, 2.45) is 0 Å². The first-order valence-electron chi connectivity index (χ1n) is 5.75. The number of carboxylic acid groups (broad SMARTS) is 1. The molecule has 7 heteroatoms. The molecule has 1 aliphatic heterocycles. The van der Waals surface area contributed by atoms with E-state index in [-0.39, 0.29) is 17.3 Å². The van der Waals surface area contributed by atoms with E-state index in [4.69, 9.17) is 5.11 Å². The molecule has 1 aliphatic rings. The van der Waals surface area contributed by atoms with Crippen LogP contribution in [0.3, 0.4) is 0 Å². The van der Waals surface area contributed by atoms with Gasteiger partial charge in [-0.2, -0.15) is 11.8 Å². The molecule has 19 heavy (non-hydrogen) atoms. The predicted octanol–water partition coefficient (Wildman–Crippen LogP) is 2.15. The van der Waals surface area contributed by atoms with Crippen molar-refractivity contribution in [3.63, 3.8) is 0 Å². The Kier molecular flexibility index (Phi) is 4.26. The van der Waals surface area contributed by atoms with Crippen LogP contribution in [0.4, 0.5) is 14.9 Å². The van der Waals surface area contributed by atoms with Crippen molar-refractivity contribution >= 4 is 29.4 Å². The lowest BCUT2D eigenvalue weighted by atomic mass is 10.1. The third-order valence-electron chi connectivity index (χ3n) is 2.75. The average molecular weight is 284 g/mol. The van der Waals surface area contributed by atoms with Crippen LogP contribution in [0, 0.1) is 5.82 Å². The number of anilines is 1. The maximum absolute atomic E-state index is 13.6. The lowest BCUT2D eigenvalue weighted by Gasteiger charge is -2.14. The summed E-state index contributed by atoms with van der Waals surface area (Å²) in [5.74, 6) is -0.260. The van der Waals surface area contributed by atoms with E-state index >= 15 is 0 Å². The minimum absolute atomic E-state index is 0.0463. The summed E-state index contributed by atoms with van der Waals surface area (Å²) < 4.78 is 13.6. The molecule has 1 atom stereocenters. The van der Waals surface area contributed by atoms with Gasteiger partial charge in [0.15, 0.2) is 0 Å². The summed E-state index contributed by atoms with van der Waals surface area (Å²) in [6, 6.07) is 3.10. The summed E-state index contributed by atoms with van der Waals surface area (Å²) in [6.45, 7) is 0. The highest BCUT2D eigenvalue weighted by Gasteiger charge is 2.20. The van der Waals surface area contributed by atoms with E-state index < -0.39 is 17.8 Å². The zero-order valence-electron chi connectivity index (χ0n) is 9.98. The largest absolute Gasteiger partial charge is 0.478 e. The molecule has 102 valence electrons. The minimum Gasteiger partial charge on any atom is -0.478 e. The molecule has 1 aromatic rings. The summed E-state index contributed by atoms with van der Waals surface area (Å²) in [7, 11) is 0. The van der Waals surface area contributed by atoms with Crippen LogP contribution in [-0.4, -0.2) is 34.7 Å². The third-order valence-corrected chi connectivity index (χ3v) is 3.91. The van der Waals surface area contributed by atoms with Crippen LogP contribution < -0.4 is 10.6 Å². The maximum atomic E-state index is 13.6. The summed E-state index contributed by atoms with van der Waals surface area (Å²) >= 11 is 1.73. The normalized spacial score (nSPS) is 18.1. The van der Waals surface area contributed by atoms with E-state index in [9.17, 15) is 14.0 Å². The fourth-order valence-electron chi connectivity index (χ4n) is 1.81. The zero-order chi connectivity index (χ0) is 13.8. The molecule has 1 fully saturated rings. The van der Waals surface area contributed by atoms with Gasteiger partial charge in [0.25, 0.3) is 0 Å². The van der Waals surface area contributed by atoms with Gasteiger partial charge in [-0.05, 0) is 24.3 Å². The van der Waals surface area contributed by atoms with Crippen molar-refractivity contribution < 1.29 is 19.1 Å². The molecule has 0 saturated carbocycles. The molecule has 0 spiro atoms. The Bertz CT molecular complexity index is 504. The number of benzene rings is 1. The minimum atomic E-state index is -1.29. The van der Waals surface area contributed by atoms with E-state index in [2.05, 4.69) is 10.6 Å². The first-order chi connectivity index (χ1) is 9.08. The first-order valence-corrected chi connectivity index (χ1v) is 6.90. The maximum Gasteiger partial charge on any atom is 0.337 e.